The van der Waals surface area contributed by atoms with Crippen molar-refractivity contribution in [2.75, 3.05) is 20.3 Å². The van der Waals surface area contributed by atoms with Crippen molar-refractivity contribution in [3.8, 4) is 11.8 Å². The molecule has 20 heavy (non-hydrogen) atoms. The Bertz CT molecular complexity index is 520. The van der Waals surface area contributed by atoms with Crippen LogP contribution >= 0.6 is 11.6 Å². The summed E-state index contributed by atoms with van der Waals surface area (Å²) in [5.74, 6) is 5.43. The predicted octanol–water partition coefficient (Wildman–Crippen LogP) is 1.84. The van der Waals surface area contributed by atoms with Crippen LogP contribution in [0.25, 0.3) is 0 Å². The number of hydrogen-bond acceptors (Lipinski definition) is 3. The first-order valence-electron chi connectivity index (χ1n) is 6.27. The minimum atomic E-state index is -0.202. The molecule has 0 saturated carbocycles. The molecule has 0 bridgehead atoms. The van der Waals surface area contributed by atoms with Crippen LogP contribution in [0.5, 0.6) is 0 Å². The van der Waals surface area contributed by atoms with Gasteiger partial charge in [-0.05, 0) is 25.1 Å². The Morgan fingerprint density at radius 1 is 1.55 bits per heavy atom. The standard InChI is InChI=1S/C15H18ClNO3/c1-11(10-20-2)17-15(19)13-7-6-12(14(16)9-13)5-3-4-8-18/h6-7,9,11,18H,4,8,10H2,1-2H3,(H,17,19). The van der Waals surface area contributed by atoms with Crippen molar-refractivity contribution in [2.45, 2.75) is 19.4 Å². The summed E-state index contributed by atoms with van der Waals surface area (Å²) in [6.45, 7) is 2.32. The molecule has 1 atom stereocenters. The van der Waals surface area contributed by atoms with Gasteiger partial charge in [0.15, 0.2) is 0 Å². The lowest BCUT2D eigenvalue weighted by atomic mass is 10.1. The van der Waals surface area contributed by atoms with E-state index in [1.807, 2.05) is 6.92 Å². The molecule has 108 valence electrons. The first-order chi connectivity index (χ1) is 9.58. The monoisotopic (exact) mass is 295 g/mol. The Hall–Kier alpha value is -1.54. The second-order valence-corrected chi connectivity index (χ2v) is 4.71. The number of carbonyl (C=O) groups is 1. The van der Waals surface area contributed by atoms with Crippen molar-refractivity contribution >= 4 is 17.5 Å². The Morgan fingerprint density at radius 2 is 2.30 bits per heavy atom. The molecule has 0 fully saturated rings. The Kier molecular flexibility index (Phi) is 7.10. The molecule has 0 heterocycles. The van der Waals surface area contributed by atoms with Crippen LogP contribution in [0.3, 0.4) is 0 Å². The number of ether oxygens (including phenoxy) is 1. The van der Waals surface area contributed by atoms with Gasteiger partial charge in [-0.2, -0.15) is 0 Å². The number of rotatable bonds is 5. The second-order valence-electron chi connectivity index (χ2n) is 4.30. The normalized spacial score (nSPS) is 11.4. The molecule has 0 spiro atoms. The van der Waals surface area contributed by atoms with Gasteiger partial charge in [0.05, 0.1) is 18.2 Å². The highest BCUT2D eigenvalue weighted by molar-refractivity contribution is 6.32. The topological polar surface area (TPSA) is 58.6 Å². The van der Waals surface area contributed by atoms with Crippen LogP contribution in [0.15, 0.2) is 18.2 Å². The van der Waals surface area contributed by atoms with E-state index < -0.39 is 0 Å². The summed E-state index contributed by atoms with van der Waals surface area (Å²) in [5.41, 5.74) is 1.12. The molecule has 0 aliphatic carbocycles. The molecular formula is C15H18ClNO3. The average molecular weight is 296 g/mol. The van der Waals surface area contributed by atoms with Crippen LogP contribution < -0.4 is 5.32 Å². The molecule has 1 aromatic rings. The number of amides is 1. The summed E-state index contributed by atoms with van der Waals surface area (Å²) in [5, 5.41) is 11.9. The molecule has 0 aliphatic rings. The molecule has 0 radical (unpaired) electrons. The van der Waals surface area contributed by atoms with E-state index in [2.05, 4.69) is 17.2 Å². The van der Waals surface area contributed by atoms with Crippen LogP contribution in [0.2, 0.25) is 5.02 Å². The number of halogens is 1. The number of hydrogen-bond donors (Lipinski definition) is 2. The number of carbonyl (C=O) groups excluding carboxylic acids is 1. The van der Waals surface area contributed by atoms with Gasteiger partial charge in [-0.25, -0.2) is 0 Å². The summed E-state index contributed by atoms with van der Waals surface area (Å²) in [7, 11) is 1.58. The first-order valence-corrected chi connectivity index (χ1v) is 6.65. The van der Waals surface area contributed by atoms with Gasteiger partial charge in [0.1, 0.15) is 0 Å². The molecule has 2 N–H and O–H groups in total. The SMILES string of the molecule is COCC(C)NC(=O)c1ccc(C#CCCO)c(Cl)c1. The maximum atomic E-state index is 12.0. The Morgan fingerprint density at radius 3 is 2.90 bits per heavy atom. The number of aliphatic hydroxyl groups excluding tert-OH is 1. The van der Waals surface area contributed by atoms with Gasteiger partial charge in [-0.1, -0.05) is 23.4 Å². The van der Waals surface area contributed by atoms with Gasteiger partial charge in [0, 0.05) is 30.7 Å². The lowest BCUT2D eigenvalue weighted by Gasteiger charge is -2.12. The largest absolute Gasteiger partial charge is 0.395 e. The molecule has 5 heteroatoms. The van der Waals surface area contributed by atoms with E-state index in [-0.39, 0.29) is 18.6 Å². The predicted molar refractivity (Wildman–Crippen MR) is 78.8 cm³/mol. The number of methoxy groups -OCH3 is 1. The summed E-state index contributed by atoms with van der Waals surface area (Å²) in [6.07, 6.45) is 0.396. The zero-order valence-corrected chi connectivity index (χ0v) is 12.3. The molecule has 0 saturated heterocycles. The van der Waals surface area contributed by atoms with E-state index >= 15 is 0 Å². The van der Waals surface area contributed by atoms with E-state index in [1.165, 1.54) is 0 Å². The maximum Gasteiger partial charge on any atom is 0.251 e. The van der Waals surface area contributed by atoms with Crippen LogP contribution in [0.1, 0.15) is 29.3 Å². The highest BCUT2D eigenvalue weighted by Crippen LogP contribution is 2.17. The van der Waals surface area contributed by atoms with Gasteiger partial charge in [0.2, 0.25) is 0 Å². The van der Waals surface area contributed by atoms with E-state index in [0.29, 0.717) is 29.2 Å². The van der Waals surface area contributed by atoms with Crippen LogP contribution in [0.4, 0.5) is 0 Å². The van der Waals surface area contributed by atoms with Crippen LogP contribution in [-0.4, -0.2) is 37.4 Å². The summed E-state index contributed by atoms with van der Waals surface area (Å²) in [6, 6.07) is 4.88. The minimum Gasteiger partial charge on any atom is -0.395 e. The first kappa shape index (κ1) is 16.5. The zero-order valence-electron chi connectivity index (χ0n) is 11.6. The van der Waals surface area contributed by atoms with E-state index in [1.54, 1.807) is 25.3 Å². The highest BCUT2D eigenvalue weighted by Gasteiger charge is 2.11. The highest BCUT2D eigenvalue weighted by atomic mass is 35.5. The number of nitrogens with one attached hydrogen (secondary N) is 1. The molecule has 1 aromatic carbocycles. The quantitative estimate of drug-likeness (QED) is 0.815. The number of aliphatic hydroxyl groups is 1. The van der Waals surface area contributed by atoms with Gasteiger partial charge >= 0.3 is 0 Å². The fourth-order valence-corrected chi connectivity index (χ4v) is 1.80. The van der Waals surface area contributed by atoms with Gasteiger partial charge in [0.25, 0.3) is 5.91 Å². The van der Waals surface area contributed by atoms with Gasteiger partial charge in [-0.15, -0.1) is 0 Å². The molecule has 0 aliphatic heterocycles. The van der Waals surface area contributed by atoms with Crippen molar-refractivity contribution in [3.63, 3.8) is 0 Å². The fraction of sp³-hybridized carbons (Fsp3) is 0.400. The molecule has 0 aromatic heterocycles. The minimum absolute atomic E-state index is 0.0164. The average Bonchev–Trinajstić information content (AvgIpc) is 2.41. The number of benzene rings is 1. The van der Waals surface area contributed by atoms with E-state index in [0.717, 1.165) is 0 Å². The van der Waals surface area contributed by atoms with Crippen molar-refractivity contribution in [3.05, 3.63) is 34.3 Å². The molecule has 1 rings (SSSR count). The molecule has 1 unspecified atom stereocenters. The Labute approximate surface area is 124 Å². The third kappa shape index (κ3) is 5.22. The van der Waals surface area contributed by atoms with Gasteiger partial charge in [-0.3, -0.25) is 4.79 Å². The summed E-state index contributed by atoms with van der Waals surface area (Å²) in [4.78, 5) is 12.0. The molecular weight excluding hydrogens is 278 g/mol. The van der Waals surface area contributed by atoms with Crippen molar-refractivity contribution in [1.29, 1.82) is 0 Å². The maximum absolute atomic E-state index is 12.0. The third-order valence-electron chi connectivity index (χ3n) is 2.49. The molecule has 1 amide bonds. The van der Waals surface area contributed by atoms with Crippen molar-refractivity contribution < 1.29 is 14.6 Å². The fourth-order valence-electron chi connectivity index (χ4n) is 1.57. The second kappa shape index (κ2) is 8.60. The van der Waals surface area contributed by atoms with E-state index in [4.69, 9.17) is 21.4 Å². The third-order valence-corrected chi connectivity index (χ3v) is 2.80. The van der Waals surface area contributed by atoms with E-state index in [9.17, 15) is 4.79 Å². The van der Waals surface area contributed by atoms with Crippen molar-refractivity contribution in [2.24, 2.45) is 0 Å². The van der Waals surface area contributed by atoms with Crippen molar-refractivity contribution in [1.82, 2.24) is 5.32 Å². The zero-order chi connectivity index (χ0) is 15.0. The lowest BCUT2D eigenvalue weighted by molar-refractivity contribution is 0.0905. The lowest BCUT2D eigenvalue weighted by Crippen LogP contribution is -2.35. The molecule has 4 nitrogen and oxygen atoms in total. The van der Waals surface area contributed by atoms with Crippen LogP contribution in [0, 0.1) is 11.8 Å². The summed E-state index contributed by atoms with van der Waals surface area (Å²) >= 11 is 6.08. The summed E-state index contributed by atoms with van der Waals surface area (Å²) < 4.78 is 4.96. The Balaban J connectivity index is 2.77. The smallest absolute Gasteiger partial charge is 0.251 e. The van der Waals surface area contributed by atoms with Gasteiger partial charge < -0.3 is 15.2 Å². The van der Waals surface area contributed by atoms with Crippen LogP contribution in [-0.2, 0) is 4.74 Å².